The van der Waals surface area contributed by atoms with Crippen LogP contribution in [0.25, 0.3) is 0 Å². The predicted molar refractivity (Wildman–Crippen MR) is 81.1 cm³/mol. The number of aryl methyl sites for hydroxylation is 2. The van der Waals surface area contributed by atoms with Crippen molar-refractivity contribution in [2.45, 2.75) is 39.7 Å². The maximum absolute atomic E-state index is 12.2. The minimum atomic E-state index is -0.154. The summed E-state index contributed by atoms with van der Waals surface area (Å²) >= 11 is 1.52. The summed E-state index contributed by atoms with van der Waals surface area (Å²) in [6, 6.07) is -0.154. The van der Waals surface area contributed by atoms with E-state index in [1.54, 1.807) is 0 Å². The van der Waals surface area contributed by atoms with Crippen molar-refractivity contribution < 1.29 is 9.90 Å². The Labute approximate surface area is 124 Å². The minimum Gasteiger partial charge on any atom is -0.396 e. The van der Waals surface area contributed by atoms with Crippen molar-refractivity contribution in [1.82, 2.24) is 9.88 Å². The number of aromatic nitrogens is 1. The zero-order chi connectivity index (χ0) is 14.7. The average molecular weight is 297 g/mol. The highest BCUT2D eigenvalue weighted by atomic mass is 32.1. The van der Waals surface area contributed by atoms with E-state index in [2.05, 4.69) is 15.2 Å². The normalized spacial score (nSPS) is 19.0. The Morgan fingerprint density at radius 2 is 2.15 bits per heavy atom. The number of hydrogen-bond acceptors (Lipinski definition) is 5. The Morgan fingerprint density at radius 3 is 2.65 bits per heavy atom. The first-order valence-electron chi connectivity index (χ1n) is 7.11. The van der Waals surface area contributed by atoms with Gasteiger partial charge in [0, 0.05) is 11.5 Å². The Bertz CT molecular complexity index is 447. The maximum atomic E-state index is 12.2. The van der Waals surface area contributed by atoms with Gasteiger partial charge in [-0.1, -0.05) is 0 Å². The lowest BCUT2D eigenvalue weighted by Gasteiger charge is -2.34. The molecule has 1 aromatic rings. The molecule has 0 saturated carbocycles. The van der Waals surface area contributed by atoms with Gasteiger partial charge in [-0.2, -0.15) is 0 Å². The molecule has 0 spiro atoms. The van der Waals surface area contributed by atoms with Gasteiger partial charge in [0.25, 0.3) is 0 Å². The van der Waals surface area contributed by atoms with Gasteiger partial charge in [0.05, 0.1) is 11.7 Å². The monoisotopic (exact) mass is 297 g/mol. The molecule has 2 heterocycles. The van der Waals surface area contributed by atoms with Crippen molar-refractivity contribution in [2.24, 2.45) is 5.92 Å². The Balaban J connectivity index is 1.89. The van der Waals surface area contributed by atoms with Crippen LogP contribution in [0.5, 0.6) is 0 Å². The molecule has 0 aromatic carbocycles. The van der Waals surface area contributed by atoms with Gasteiger partial charge < -0.3 is 10.4 Å². The van der Waals surface area contributed by atoms with E-state index in [9.17, 15) is 4.79 Å². The summed E-state index contributed by atoms with van der Waals surface area (Å²) in [5, 5.41) is 12.7. The van der Waals surface area contributed by atoms with Crippen LogP contribution in [0.2, 0.25) is 0 Å². The quantitative estimate of drug-likeness (QED) is 0.889. The number of anilines is 1. The first-order chi connectivity index (χ1) is 9.51. The fraction of sp³-hybridized carbons (Fsp3) is 0.714. The summed E-state index contributed by atoms with van der Waals surface area (Å²) in [4.78, 5) is 19.9. The van der Waals surface area contributed by atoms with Crippen LogP contribution in [0.15, 0.2) is 0 Å². The van der Waals surface area contributed by atoms with Crippen LogP contribution in [0, 0.1) is 19.8 Å². The third-order valence-electron chi connectivity index (χ3n) is 4.09. The van der Waals surface area contributed by atoms with Crippen molar-refractivity contribution in [3.8, 4) is 0 Å². The molecule has 1 aliphatic heterocycles. The van der Waals surface area contributed by atoms with Gasteiger partial charge in [-0.15, -0.1) is 11.3 Å². The van der Waals surface area contributed by atoms with E-state index in [1.807, 2.05) is 20.8 Å². The molecule has 5 nitrogen and oxygen atoms in total. The van der Waals surface area contributed by atoms with Crippen molar-refractivity contribution >= 4 is 22.4 Å². The van der Waals surface area contributed by atoms with Crippen LogP contribution < -0.4 is 5.32 Å². The van der Waals surface area contributed by atoms with Gasteiger partial charge in [-0.05, 0) is 52.6 Å². The van der Waals surface area contributed by atoms with Crippen molar-refractivity contribution in [3.05, 3.63) is 10.6 Å². The van der Waals surface area contributed by atoms with E-state index < -0.39 is 0 Å². The topological polar surface area (TPSA) is 65.5 Å². The van der Waals surface area contributed by atoms with Gasteiger partial charge >= 0.3 is 0 Å². The zero-order valence-corrected chi connectivity index (χ0v) is 13.2. The molecular weight excluding hydrogens is 274 g/mol. The lowest BCUT2D eigenvalue weighted by atomic mass is 9.97. The molecule has 0 radical (unpaired) electrons. The van der Waals surface area contributed by atoms with Crippen LogP contribution in [-0.2, 0) is 4.79 Å². The second-order valence-electron chi connectivity index (χ2n) is 5.49. The number of amides is 1. The van der Waals surface area contributed by atoms with Crippen molar-refractivity contribution in [2.75, 3.05) is 25.0 Å². The third kappa shape index (κ3) is 3.56. The molecule has 0 aliphatic carbocycles. The number of aliphatic hydroxyl groups is 1. The molecule has 1 saturated heterocycles. The molecule has 1 atom stereocenters. The van der Waals surface area contributed by atoms with E-state index in [0.717, 1.165) is 36.5 Å². The number of carbonyl (C=O) groups is 1. The van der Waals surface area contributed by atoms with E-state index in [0.29, 0.717) is 11.0 Å². The van der Waals surface area contributed by atoms with Crippen LogP contribution in [0.3, 0.4) is 0 Å². The second kappa shape index (κ2) is 6.65. The maximum Gasteiger partial charge on any atom is 0.243 e. The third-order valence-corrected chi connectivity index (χ3v) is 5.08. The number of nitrogens with one attached hydrogen (secondary N) is 1. The molecule has 1 aromatic heterocycles. The highest BCUT2D eigenvalue weighted by Gasteiger charge is 2.26. The molecule has 1 aliphatic rings. The molecule has 0 bridgehead atoms. The SMILES string of the molecule is Cc1nc(NC(=O)C(C)N2CCC(CO)CC2)sc1C. The largest absolute Gasteiger partial charge is 0.396 e. The number of hydrogen-bond donors (Lipinski definition) is 2. The summed E-state index contributed by atoms with van der Waals surface area (Å²) in [6.45, 7) is 7.88. The molecule has 20 heavy (non-hydrogen) atoms. The van der Waals surface area contributed by atoms with Crippen molar-refractivity contribution in [1.29, 1.82) is 0 Å². The lowest BCUT2D eigenvalue weighted by Crippen LogP contribution is -2.46. The minimum absolute atomic E-state index is 0.00111. The highest BCUT2D eigenvalue weighted by Crippen LogP contribution is 2.22. The summed E-state index contributed by atoms with van der Waals surface area (Å²) < 4.78 is 0. The van der Waals surface area contributed by atoms with E-state index in [4.69, 9.17) is 5.11 Å². The van der Waals surface area contributed by atoms with E-state index in [-0.39, 0.29) is 18.6 Å². The second-order valence-corrected chi connectivity index (χ2v) is 6.69. The standard InChI is InChI=1S/C14H23N3O2S/c1-9-11(3)20-14(15-9)16-13(19)10(2)17-6-4-12(8-18)5-7-17/h10,12,18H,4-8H2,1-3H3,(H,15,16,19). The number of nitrogens with zero attached hydrogens (tertiary/aromatic N) is 2. The Kier molecular flexibility index (Phi) is 5.12. The van der Waals surface area contributed by atoms with Gasteiger partial charge in [0.15, 0.2) is 5.13 Å². The molecule has 2 rings (SSSR count). The molecule has 1 unspecified atom stereocenters. The first kappa shape index (κ1) is 15.4. The summed E-state index contributed by atoms with van der Waals surface area (Å²) in [5.41, 5.74) is 0.974. The summed E-state index contributed by atoms with van der Waals surface area (Å²) in [6.07, 6.45) is 1.92. The number of aliphatic hydroxyl groups excluding tert-OH is 1. The van der Waals surface area contributed by atoms with Crippen molar-refractivity contribution in [3.63, 3.8) is 0 Å². The highest BCUT2D eigenvalue weighted by molar-refractivity contribution is 7.15. The van der Waals surface area contributed by atoms with Gasteiger partial charge in [-0.3, -0.25) is 9.69 Å². The summed E-state index contributed by atoms with van der Waals surface area (Å²) in [7, 11) is 0. The number of rotatable bonds is 4. The predicted octanol–water partition coefficient (Wildman–Crippen LogP) is 1.79. The fourth-order valence-electron chi connectivity index (χ4n) is 2.42. The molecule has 6 heteroatoms. The van der Waals surface area contributed by atoms with Crippen LogP contribution in [-0.4, -0.2) is 46.6 Å². The molecular formula is C14H23N3O2S. The fourth-order valence-corrected chi connectivity index (χ4v) is 3.24. The zero-order valence-electron chi connectivity index (χ0n) is 12.3. The number of carbonyl (C=O) groups excluding carboxylic acids is 1. The van der Waals surface area contributed by atoms with E-state index >= 15 is 0 Å². The van der Waals surface area contributed by atoms with Gasteiger partial charge in [0.1, 0.15) is 0 Å². The van der Waals surface area contributed by atoms with Crippen LogP contribution in [0.1, 0.15) is 30.3 Å². The van der Waals surface area contributed by atoms with Gasteiger partial charge in [0.2, 0.25) is 5.91 Å². The summed E-state index contributed by atoms with van der Waals surface area (Å²) in [5.74, 6) is 0.395. The van der Waals surface area contributed by atoms with E-state index in [1.165, 1.54) is 11.3 Å². The average Bonchev–Trinajstić information content (AvgIpc) is 2.76. The molecule has 2 N–H and O–H groups in total. The number of piperidine rings is 1. The Morgan fingerprint density at radius 1 is 1.50 bits per heavy atom. The van der Waals surface area contributed by atoms with Crippen LogP contribution in [0.4, 0.5) is 5.13 Å². The Hall–Kier alpha value is -0.980. The molecule has 112 valence electrons. The number of likely N-dealkylation sites (tertiary alicyclic amines) is 1. The molecule has 1 amide bonds. The lowest BCUT2D eigenvalue weighted by molar-refractivity contribution is -0.121. The number of thiazole rings is 1. The van der Waals surface area contributed by atoms with Crippen LogP contribution >= 0.6 is 11.3 Å². The molecule has 1 fully saturated rings. The van der Waals surface area contributed by atoms with Gasteiger partial charge in [-0.25, -0.2) is 4.98 Å². The smallest absolute Gasteiger partial charge is 0.243 e. The first-order valence-corrected chi connectivity index (χ1v) is 7.92.